The Hall–Kier alpha value is -2.10. The van der Waals surface area contributed by atoms with E-state index in [9.17, 15) is 9.59 Å². The molecule has 0 atom stereocenters. The third kappa shape index (κ3) is 3.75. The average Bonchev–Trinajstić information content (AvgIpc) is 2.27. The second kappa shape index (κ2) is 5.84. The zero-order chi connectivity index (χ0) is 12.8. The molecule has 0 aliphatic carbocycles. The lowest BCUT2D eigenvalue weighted by Crippen LogP contribution is -2.29. The Morgan fingerprint density at radius 2 is 1.76 bits per heavy atom. The van der Waals surface area contributed by atoms with Crippen molar-refractivity contribution in [2.75, 3.05) is 0 Å². The molecule has 0 aromatic heterocycles. The van der Waals surface area contributed by atoms with Crippen LogP contribution in [0, 0.1) is 0 Å². The van der Waals surface area contributed by atoms with Gasteiger partial charge in [0.1, 0.15) is 5.57 Å². The van der Waals surface area contributed by atoms with Gasteiger partial charge in [-0.1, -0.05) is 30.3 Å². The smallest absolute Gasteiger partial charge is 0.256 e. The Balaban J connectivity index is 2.68. The van der Waals surface area contributed by atoms with Crippen molar-refractivity contribution in [1.82, 2.24) is 5.32 Å². The quantitative estimate of drug-likeness (QED) is 0.464. The normalized spacial score (nSPS) is 11.6. The van der Waals surface area contributed by atoms with E-state index >= 15 is 0 Å². The molecule has 17 heavy (non-hydrogen) atoms. The topological polar surface area (TPSA) is 72.2 Å². The number of hydrogen-bond acceptors (Lipinski definition) is 3. The highest BCUT2D eigenvalue weighted by Gasteiger charge is 2.15. The standard InChI is InChI=1S/C13H16N2O2/c1-9(14)12(10(2)16)13(17)15-8-11-6-4-3-5-7-11/h3-7H,8,14H2,1-2H3,(H,15,17)/b12-9-. The van der Waals surface area contributed by atoms with E-state index in [1.54, 1.807) is 6.92 Å². The van der Waals surface area contributed by atoms with Crippen LogP contribution in [0.25, 0.3) is 0 Å². The van der Waals surface area contributed by atoms with Gasteiger partial charge in [0, 0.05) is 12.2 Å². The van der Waals surface area contributed by atoms with Crippen LogP contribution in [0.3, 0.4) is 0 Å². The molecule has 0 fully saturated rings. The first-order valence-corrected chi connectivity index (χ1v) is 5.31. The van der Waals surface area contributed by atoms with E-state index in [2.05, 4.69) is 5.32 Å². The summed E-state index contributed by atoms with van der Waals surface area (Å²) in [6, 6.07) is 9.46. The molecule has 1 amide bonds. The van der Waals surface area contributed by atoms with Crippen LogP contribution >= 0.6 is 0 Å². The number of Topliss-reactive ketones (excluding diaryl/α,β-unsaturated/α-hetero) is 1. The Bertz CT molecular complexity index is 446. The van der Waals surface area contributed by atoms with E-state index in [1.165, 1.54) is 6.92 Å². The maximum absolute atomic E-state index is 11.7. The van der Waals surface area contributed by atoms with Gasteiger partial charge in [0.05, 0.1) is 0 Å². The molecule has 4 heteroatoms. The second-order valence-electron chi connectivity index (χ2n) is 3.78. The fraction of sp³-hybridized carbons (Fsp3) is 0.231. The van der Waals surface area contributed by atoms with Crippen molar-refractivity contribution in [1.29, 1.82) is 0 Å². The third-order valence-corrected chi connectivity index (χ3v) is 2.27. The minimum atomic E-state index is -0.429. The summed E-state index contributed by atoms with van der Waals surface area (Å²) in [5, 5.41) is 2.66. The van der Waals surface area contributed by atoms with Gasteiger partial charge < -0.3 is 11.1 Å². The van der Waals surface area contributed by atoms with E-state index in [0.717, 1.165) is 5.56 Å². The van der Waals surface area contributed by atoms with Gasteiger partial charge in [0.15, 0.2) is 5.78 Å². The predicted molar refractivity (Wildman–Crippen MR) is 65.9 cm³/mol. The molecule has 90 valence electrons. The molecule has 0 radical (unpaired) electrons. The SMILES string of the molecule is CC(=O)/C(C(=O)NCc1ccccc1)=C(\C)N. The van der Waals surface area contributed by atoms with E-state index in [4.69, 9.17) is 5.73 Å². The molecule has 0 unspecified atom stereocenters. The number of hydrogen-bond donors (Lipinski definition) is 2. The molecule has 0 spiro atoms. The van der Waals surface area contributed by atoms with Gasteiger partial charge in [-0.3, -0.25) is 9.59 Å². The molecule has 0 heterocycles. The first kappa shape index (κ1) is 13.0. The van der Waals surface area contributed by atoms with Crippen LogP contribution in [0.2, 0.25) is 0 Å². The molecular weight excluding hydrogens is 216 g/mol. The predicted octanol–water partition coefficient (Wildman–Crippen LogP) is 1.12. The Morgan fingerprint density at radius 1 is 1.18 bits per heavy atom. The molecule has 1 rings (SSSR count). The van der Waals surface area contributed by atoms with Crippen LogP contribution < -0.4 is 11.1 Å². The summed E-state index contributed by atoms with van der Waals surface area (Å²) in [7, 11) is 0. The average molecular weight is 232 g/mol. The van der Waals surface area contributed by atoms with Crippen LogP contribution in [0.1, 0.15) is 19.4 Å². The highest BCUT2D eigenvalue weighted by molar-refractivity contribution is 6.18. The Kier molecular flexibility index (Phi) is 4.46. The lowest BCUT2D eigenvalue weighted by Gasteiger charge is -2.08. The number of ketones is 1. The summed E-state index contributed by atoms with van der Waals surface area (Å²) in [6.45, 7) is 3.25. The molecule has 1 aromatic rings. The van der Waals surface area contributed by atoms with Gasteiger partial charge in [-0.15, -0.1) is 0 Å². The van der Waals surface area contributed by atoms with Crippen molar-refractivity contribution in [2.45, 2.75) is 20.4 Å². The van der Waals surface area contributed by atoms with Gasteiger partial charge in [-0.25, -0.2) is 0 Å². The lowest BCUT2D eigenvalue weighted by atomic mass is 10.1. The third-order valence-electron chi connectivity index (χ3n) is 2.27. The van der Waals surface area contributed by atoms with Gasteiger partial charge in [0.25, 0.3) is 5.91 Å². The molecule has 0 saturated carbocycles. The highest BCUT2D eigenvalue weighted by Crippen LogP contribution is 2.03. The summed E-state index contributed by atoms with van der Waals surface area (Å²) in [5.74, 6) is -0.753. The number of nitrogens with two attached hydrogens (primary N) is 1. The summed E-state index contributed by atoms with van der Waals surface area (Å²) in [6.07, 6.45) is 0. The summed E-state index contributed by atoms with van der Waals surface area (Å²) in [4.78, 5) is 23.0. The lowest BCUT2D eigenvalue weighted by molar-refractivity contribution is -0.121. The number of allylic oxidation sites excluding steroid dienone is 1. The summed E-state index contributed by atoms with van der Waals surface area (Å²) >= 11 is 0. The fourth-order valence-electron chi connectivity index (χ4n) is 1.48. The van der Waals surface area contributed by atoms with Gasteiger partial charge >= 0.3 is 0 Å². The highest BCUT2D eigenvalue weighted by atomic mass is 16.2. The van der Waals surface area contributed by atoms with Crippen molar-refractivity contribution >= 4 is 11.7 Å². The first-order chi connectivity index (χ1) is 8.02. The Morgan fingerprint density at radius 3 is 2.24 bits per heavy atom. The number of carbonyl (C=O) groups excluding carboxylic acids is 2. The van der Waals surface area contributed by atoms with Crippen molar-refractivity contribution < 1.29 is 9.59 Å². The molecule has 0 bridgehead atoms. The van der Waals surface area contributed by atoms with Crippen LogP contribution in [0.4, 0.5) is 0 Å². The van der Waals surface area contributed by atoms with Crippen molar-refractivity contribution in [3.05, 3.63) is 47.2 Å². The molecule has 3 N–H and O–H groups in total. The molecular formula is C13H16N2O2. The molecule has 1 aromatic carbocycles. The number of carbonyl (C=O) groups is 2. The van der Waals surface area contributed by atoms with E-state index in [-0.39, 0.29) is 17.1 Å². The number of rotatable bonds is 4. The molecule has 0 aliphatic heterocycles. The van der Waals surface area contributed by atoms with Gasteiger partial charge in [-0.05, 0) is 19.4 Å². The number of benzene rings is 1. The van der Waals surface area contributed by atoms with Gasteiger partial charge in [0.2, 0.25) is 0 Å². The van der Waals surface area contributed by atoms with Crippen molar-refractivity contribution in [3.63, 3.8) is 0 Å². The Labute approximate surface area is 101 Å². The minimum absolute atomic E-state index is 0.0286. The fourth-order valence-corrected chi connectivity index (χ4v) is 1.48. The largest absolute Gasteiger partial charge is 0.402 e. The van der Waals surface area contributed by atoms with Crippen LogP contribution in [0.15, 0.2) is 41.6 Å². The van der Waals surface area contributed by atoms with E-state index in [1.807, 2.05) is 30.3 Å². The number of nitrogens with one attached hydrogen (secondary N) is 1. The van der Waals surface area contributed by atoms with Gasteiger partial charge in [-0.2, -0.15) is 0 Å². The van der Waals surface area contributed by atoms with E-state index < -0.39 is 5.91 Å². The summed E-state index contributed by atoms with van der Waals surface area (Å²) in [5.41, 5.74) is 6.74. The summed E-state index contributed by atoms with van der Waals surface area (Å²) < 4.78 is 0. The second-order valence-corrected chi connectivity index (χ2v) is 3.78. The zero-order valence-electron chi connectivity index (χ0n) is 9.99. The maximum atomic E-state index is 11.7. The van der Waals surface area contributed by atoms with Crippen molar-refractivity contribution in [3.8, 4) is 0 Å². The monoisotopic (exact) mass is 232 g/mol. The molecule has 0 aliphatic rings. The van der Waals surface area contributed by atoms with Crippen LogP contribution in [0.5, 0.6) is 0 Å². The minimum Gasteiger partial charge on any atom is -0.402 e. The van der Waals surface area contributed by atoms with Crippen LogP contribution in [-0.4, -0.2) is 11.7 Å². The van der Waals surface area contributed by atoms with Crippen molar-refractivity contribution in [2.24, 2.45) is 5.73 Å². The molecule has 4 nitrogen and oxygen atoms in total. The van der Waals surface area contributed by atoms with E-state index in [0.29, 0.717) is 6.54 Å². The number of amides is 1. The van der Waals surface area contributed by atoms with Crippen LogP contribution in [-0.2, 0) is 16.1 Å². The first-order valence-electron chi connectivity index (χ1n) is 5.31. The molecule has 0 saturated heterocycles. The maximum Gasteiger partial charge on any atom is 0.256 e. The zero-order valence-corrected chi connectivity index (χ0v) is 9.99.